The molecule has 1 aliphatic rings. The number of aromatic nitrogens is 1. The first-order valence-electron chi connectivity index (χ1n) is 11.3. The number of anilines is 1. The van der Waals surface area contributed by atoms with E-state index in [4.69, 9.17) is 16.3 Å². The van der Waals surface area contributed by atoms with Gasteiger partial charge in [-0.25, -0.2) is 10.1 Å². The summed E-state index contributed by atoms with van der Waals surface area (Å²) < 4.78 is 0. The number of nitrogens with two attached hydrogens (primary N) is 2. The number of hydrogen-bond donors (Lipinski definition) is 2. The number of rotatable bonds is 7. The van der Waals surface area contributed by atoms with E-state index in [1.54, 1.807) is 0 Å². The molecule has 174 valence electrons. The molecule has 2 heterocycles. The third-order valence-corrected chi connectivity index (χ3v) is 5.50. The van der Waals surface area contributed by atoms with Crippen molar-refractivity contribution in [1.29, 1.82) is 0 Å². The number of hydrogen-bond acceptors (Lipinski definition) is 6. The van der Waals surface area contributed by atoms with Gasteiger partial charge in [0.2, 0.25) is 0 Å². The first-order chi connectivity index (χ1) is 16.4. The van der Waals surface area contributed by atoms with Crippen LogP contribution in [0.15, 0.2) is 71.5 Å². The SMILES string of the molecule is CCCN(OCc1ccc(N)cc1)C(=O)C1=Cc2ccc(-c3cncc(C)c3)cc2N=C(N)C1. The lowest BCUT2D eigenvalue weighted by Gasteiger charge is -2.22. The van der Waals surface area contributed by atoms with Crippen molar-refractivity contribution in [2.45, 2.75) is 33.3 Å². The largest absolute Gasteiger partial charge is 0.399 e. The van der Waals surface area contributed by atoms with Crippen molar-refractivity contribution in [2.24, 2.45) is 10.7 Å². The first-order valence-corrected chi connectivity index (χ1v) is 11.3. The van der Waals surface area contributed by atoms with Gasteiger partial charge >= 0.3 is 0 Å². The van der Waals surface area contributed by atoms with E-state index in [-0.39, 0.29) is 18.9 Å². The minimum atomic E-state index is -0.213. The van der Waals surface area contributed by atoms with Gasteiger partial charge in [-0.1, -0.05) is 31.2 Å². The van der Waals surface area contributed by atoms with Crippen molar-refractivity contribution in [3.8, 4) is 11.1 Å². The number of amidine groups is 1. The van der Waals surface area contributed by atoms with Gasteiger partial charge in [0, 0.05) is 47.7 Å². The number of aliphatic imine (C=N–C) groups is 1. The molecule has 0 aliphatic carbocycles. The molecule has 2 aromatic carbocycles. The van der Waals surface area contributed by atoms with Crippen LogP contribution >= 0.6 is 0 Å². The Hall–Kier alpha value is -3.97. The zero-order valence-corrected chi connectivity index (χ0v) is 19.5. The van der Waals surface area contributed by atoms with Crippen molar-refractivity contribution in [2.75, 3.05) is 12.3 Å². The molecular weight excluding hydrogens is 426 g/mol. The quantitative estimate of drug-likeness (QED) is 0.394. The molecule has 0 atom stereocenters. The van der Waals surface area contributed by atoms with Gasteiger partial charge in [-0.05, 0) is 60.4 Å². The molecule has 7 heteroatoms. The maximum atomic E-state index is 13.4. The van der Waals surface area contributed by atoms with Crippen LogP contribution in [0.1, 0.15) is 36.5 Å². The lowest BCUT2D eigenvalue weighted by molar-refractivity contribution is -0.187. The molecule has 7 nitrogen and oxygen atoms in total. The third kappa shape index (κ3) is 5.50. The second-order valence-electron chi connectivity index (χ2n) is 8.40. The Bertz CT molecular complexity index is 1250. The van der Waals surface area contributed by atoms with E-state index >= 15 is 0 Å². The molecule has 0 saturated heterocycles. The summed E-state index contributed by atoms with van der Waals surface area (Å²) in [4.78, 5) is 28.1. The molecule has 0 saturated carbocycles. The van der Waals surface area contributed by atoms with Crippen molar-refractivity contribution in [3.63, 3.8) is 0 Å². The van der Waals surface area contributed by atoms with E-state index in [1.807, 2.05) is 74.8 Å². The predicted molar refractivity (Wildman–Crippen MR) is 136 cm³/mol. The van der Waals surface area contributed by atoms with E-state index in [2.05, 4.69) is 16.0 Å². The summed E-state index contributed by atoms with van der Waals surface area (Å²) in [6.45, 7) is 4.75. The zero-order chi connectivity index (χ0) is 24.1. The van der Waals surface area contributed by atoms with Crippen LogP contribution in [0, 0.1) is 6.92 Å². The summed E-state index contributed by atoms with van der Waals surface area (Å²) in [5.41, 5.74) is 18.8. The fourth-order valence-corrected chi connectivity index (χ4v) is 3.77. The van der Waals surface area contributed by atoms with Gasteiger partial charge < -0.3 is 11.5 Å². The number of pyridine rings is 1. The minimum Gasteiger partial charge on any atom is -0.399 e. The highest BCUT2D eigenvalue weighted by atomic mass is 16.7. The molecule has 0 radical (unpaired) electrons. The fraction of sp³-hybridized carbons (Fsp3) is 0.222. The molecule has 1 aliphatic heterocycles. The fourth-order valence-electron chi connectivity index (χ4n) is 3.77. The molecule has 34 heavy (non-hydrogen) atoms. The van der Waals surface area contributed by atoms with Gasteiger partial charge in [0.15, 0.2) is 0 Å². The number of hydroxylamine groups is 2. The zero-order valence-electron chi connectivity index (χ0n) is 19.5. The summed E-state index contributed by atoms with van der Waals surface area (Å²) in [7, 11) is 0. The Balaban J connectivity index is 1.58. The predicted octanol–water partition coefficient (Wildman–Crippen LogP) is 4.79. The van der Waals surface area contributed by atoms with E-state index in [1.165, 1.54) is 5.06 Å². The van der Waals surface area contributed by atoms with E-state index in [9.17, 15) is 4.79 Å². The number of nitrogen functional groups attached to an aromatic ring is 1. The average molecular weight is 456 g/mol. The molecule has 4 N–H and O–H groups in total. The number of aryl methyl sites for hydroxylation is 1. The van der Waals surface area contributed by atoms with E-state index < -0.39 is 0 Å². The number of carbonyl (C=O) groups excluding carboxylic acids is 1. The first kappa shape index (κ1) is 23.2. The van der Waals surface area contributed by atoms with Gasteiger partial charge in [-0.2, -0.15) is 0 Å². The van der Waals surface area contributed by atoms with Crippen molar-refractivity contribution >= 4 is 29.2 Å². The van der Waals surface area contributed by atoms with Gasteiger partial charge in [0.05, 0.1) is 5.69 Å². The standard InChI is InChI=1S/C27H29N5O2/c1-3-10-32(34-17-19-4-8-24(28)9-5-19)27(33)22-12-21-7-6-20(13-25(21)31-26(29)14-22)23-11-18(2)15-30-16-23/h4-9,11-13,15-16H,3,10,14,17,28H2,1-2H3,(H2,29,31). The lowest BCUT2D eigenvalue weighted by atomic mass is 10.0. The Morgan fingerprint density at radius 1 is 1.06 bits per heavy atom. The lowest BCUT2D eigenvalue weighted by Crippen LogP contribution is -2.34. The molecule has 0 unspecified atom stereocenters. The van der Waals surface area contributed by atoms with Gasteiger partial charge in [-0.15, -0.1) is 0 Å². The van der Waals surface area contributed by atoms with Crippen molar-refractivity contribution in [3.05, 3.63) is 83.2 Å². The normalized spacial score (nSPS) is 12.9. The van der Waals surface area contributed by atoms with Crippen molar-refractivity contribution < 1.29 is 9.63 Å². The third-order valence-electron chi connectivity index (χ3n) is 5.50. The molecular formula is C27H29N5O2. The minimum absolute atomic E-state index is 0.213. The second kappa shape index (κ2) is 10.3. The molecule has 0 fully saturated rings. The maximum Gasteiger partial charge on any atom is 0.273 e. The van der Waals surface area contributed by atoms with Gasteiger partial charge in [0.25, 0.3) is 5.91 Å². The number of benzene rings is 2. The molecule has 1 aromatic heterocycles. The summed E-state index contributed by atoms with van der Waals surface area (Å²) in [5.74, 6) is 0.170. The highest BCUT2D eigenvalue weighted by Crippen LogP contribution is 2.32. The summed E-state index contributed by atoms with van der Waals surface area (Å²) in [6, 6.07) is 15.4. The highest BCUT2D eigenvalue weighted by molar-refractivity contribution is 6.05. The average Bonchev–Trinajstić information content (AvgIpc) is 2.99. The molecule has 0 spiro atoms. The van der Waals surface area contributed by atoms with Crippen molar-refractivity contribution in [1.82, 2.24) is 10.0 Å². The van der Waals surface area contributed by atoms with Crippen LogP contribution in [0.25, 0.3) is 17.2 Å². The summed E-state index contributed by atoms with van der Waals surface area (Å²) in [5, 5.41) is 1.41. The molecule has 1 amide bonds. The maximum absolute atomic E-state index is 13.4. The topological polar surface area (TPSA) is 107 Å². The highest BCUT2D eigenvalue weighted by Gasteiger charge is 2.22. The second-order valence-corrected chi connectivity index (χ2v) is 8.40. The molecule has 3 aromatic rings. The van der Waals surface area contributed by atoms with Gasteiger partial charge in [-0.3, -0.25) is 14.6 Å². The van der Waals surface area contributed by atoms with Crippen LogP contribution < -0.4 is 11.5 Å². The van der Waals surface area contributed by atoms with E-state index in [0.717, 1.165) is 39.9 Å². The number of amides is 1. The van der Waals surface area contributed by atoms with Crippen LogP contribution in [0.4, 0.5) is 11.4 Å². The summed E-state index contributed by atoms with van der Waals surface area (Å²) >= 11 is 0. The van der Waals surface area contributed by atoms with E-state index in [0.29, 0.717) is 23.6 Å². The summed E-state index contributed by atoms with van der Waals surface area (Å²) in [6.07, 6.45) is 6.51. The van der Waals surface area contributed by atoms with Crippen LogP contribution in [-0.4, -0.2) is 28.3 Å². The van der Waals surface area contributed by atoms with Gasteiger partial charge in [0.1, 0.15) is 12.4 Å². The monoisotopic (exact) mass is 455 g/mol. The van der Waals surface area contributed by atoms with Crippen LogP contribution in [0.3, 0.4) is 0 Å². The van der Waals surface area contributed by atoms with Crippen LogP contribution in [0.2, 0.25) is 0 Å². The molecule has 4 rings (SSSR count). The van der Waals surface area contributed by atoms with Crippen LogP contribution in [-0.2, 0) is 16.2 Å². The van der Waals surface area contributed by atoms with Crippen LogP contribution in [0.5, 0.6) is 0 Å². The Labute approximate surface area is 199 Å². The Morgan fingerprint density at radius 2 is 1.85 bits per heavy atom. The number of nitrogens with zero attached hydrogens (tertiary/aromatic N) is 3. The number of fused-ring (bicyclic) bond motifs is 1. The molecule has 0 bridgehead atoms. The Morgan fingerprint density at radius 3 is 2.59 bits per heavy atom. The smallest absolute Gasteiger partial charge is 0.273 e. The Kier molecular flexibility index (Phi) is 7.04. The number of carbonyl (C=O) groups is 1.